The molecule has 0 saturated heterocycles. The molecule has 0 radical (unpaired) electrons. The molecule has 0 aliphatic rings. The molecule has 6 N–H and O–H groups in total. The maximum atomic E-state index is 12.6. The number of ketones is 1. The normalized spacial score (nSPS) is 12.5. The first-order chi connectivity index (χ1) is 30.4. The van der Waals surface area contributed by atoms with Crippen molar-refractivity contribution in [2.75, 3.05) is 104 Å². The zero-order valence-electron chi connectivity index (χ0n) is 37.0. The number of ether oxygens (including phenoxy) is 2. The summed E-state index contributed by atoms with van der Waals surface area (Å²) >= 11 is 0. The van der Waals surface area contributed by atoms with E-state index in [-0.39, 0.29) is 70.0 Å². The maximum absolute atomic E-state index is 12.6. The third kappa shape index (κ3) is 25.9. The quantitative estimate of drug-likeness (QED) is 0.0229. The maximum Gasteiger partial charge on any atom is 0.319 e. The molecule has 1 aromatic rings. The predicted octanol–water partition coefficient (Wildman–Crippen LogP) is -2.70. The molecular weight excluding hydrogens is 881 g/mol. The van der Waals surface area contributed by atoms with Crippen LogP contribution in [0.2, 0.25) is 0 Å². The predicted molar refractivity (Wildman–Crippen MR) is 235 cm³/mol. The number of Topliss-reactive ketones (excluding diaryl/α,β-unsaturated/α-hetero) is 1. The number of carbonyl (C=O) groups excluding carboxylic acids is 8. The molecule has 0 bridgehead atoms. The number of methoxy groups -OCH3 is 2. The number of carboxylic acids is 3. The first kappa shape index (κ1) is 57.0. The van der Waals surface area contributed by atoms with E-state index in [1.807, 2.05) is 6.92 Å². The molecule has 0 heterocycles. The molecule has 0 aliphatic heterocycles. The molecule has 24 heteroatoms. The Morgan fingerprint density at radius 3 is 1.89 bits per heavy atom. The van der Waals surface area contributed by atoms with Crippen molar-refractivity contribution in [1.82, 2.24) is 36.0 Å². The van der Waals surface area contributed by atoms with Crippen molar-refractivity contribution in [3.63, 3.8) is 0 Å². The summed E-state index contributed by atoms with van der Waals surface area (Å²) in [5, 5.41) is 45.9. The molecule has 4 amide bonds. The number of hydrogen-bond acceptors (Lipinski definition) is 19. The molecule has 0 aliphatic carbocycles. The van der Waals surface area contributed by atoms with Crippen LogP contribution in [0.3, 0.4) is 0 Å². The summed E-state index contributed by atoms with van der Waals surface area (Å²) in [5.74, 6) is -5.09. The summed E-state index contributed by atoms with van der Waals surface area (Å²) in [6.07, 6.45) is 0.0642. The molecule has 3 unspecified atom stereocenters. The summed E-state index contributed by atoms with van der Waals surface area (Å²) < 4.78 is 9.52. The summed E-state index contributed by atoms with van der Waals surface area (Å²) in [6, 6.07) is 3.80. The van der Waals surface area contributed by atoms with Crippen molar-refractivity contribution in [3.05, 3.63) is 29.8 Å². The van der Waals surface area contributed by atoms with Crippen LogP contribution in [0.15, 0.2) is 24.3 Å². The molecule has 0 aromatic heterocycles. The van der Waals surface area contributed by atoms with Crippen LogP contribution in [0.1, 0.15) is 45.1 Å². The van der Waals surface area contributed by atoms with Gasteiger partial charge in [-0.2, -0.15) is 0 Å². The molecule has 1 aromatic carbocycles. The summed E-state index contributed by atoms with van der Waals surface area (Å²) in [5.41, 5.74) is 1.14. The van der Waals surface area contributed by atoms with Gasteiger partial charge in [0.05, 0.1) is 51.3 Å². The zero-order chi connectivity index (χ0) is 48.0. The summed E-state index contributed by atoms with van der Waals surface area (Å²) in [4.78, 5) is 113. The first-order valence-electron chi connectivity index (χ1n) is 20.5. The van der Waals surface area contributed by atoms with Gasteiger partial charge >= 0.3 is 23.9 Å². The van der Waals surface area contributed by atoms with E-state index >= 15 is 0 Å². The van der Waals surface area contributed by atoms with E-state index in [4.69, 9.17) is 14.6 Å². The van der Waals surface area contributed by atoms with Gasteiger partial charge in [0.15, 0.2) is 5.78 Å². The van der Waals surface area contributed by atoms with Gasteiger partial charge in [0.2, 0.25) is 11.8 Å². The number of esters is 2. The van der Waals surface area contributed by atoms with Gasteiger partial charge in [-0.1, -0.05) is 40.6 Å². The third-order valence-corrected chi connectivity index (χ3v) is 11.9. The van der Waals surface area contributed by atoms with Crippen molar-refractivity contribution >= 4 is 80.8 Å². The van der Waals surface area contributed by atoms with Gasteiger partial charge in [-0.3, -0.25) is 43.5 Å². The molecule has 0 spiro atoms. The van der Waals surface area contributed by atoms with Crippen LogP contribution in [0.25, 0.3) is 0 Å². The van der Waals surface area contributed by atoms with Crippen LogP contribution in [0.4, 0.5) is 10.5 Å². The Balaban J connectivity index is 2.68. The molecule has 1 rings (SSSR count). The van der Waals surface area contributed by atoms with Gasteiger partial charge in [0.25, 0.3) is 0 Å². The van der Waals surface area contributed by atoms with E-state index in [9.17, 15) is 53.4 Å². The van der Waals surface area contributed by atoms with Crippen molar-refractivity contribution in [2.24, 2.45) is 0 Å². The molecule has 64 heavy (non-hydrogen) atoms. The van der Waals surface area contributed by atoms with E-state index in [1.165, 1.54) is 52.5 Å². The average molecular weight is 943 g/mol. The van der Waals surface area contributed by atoms with E-state index in [2.05, 4.69) is 26.6 Å². The number of anilines is 1. The largest absolute Gasteiger partial charge is 0.549 e. The number of nitrogens with one attached hydrogen (secondary N) is 5. The Hall–Kier alpha value is -5.01. The molecule has 0 fully saturated rings. The van der Waals surface area contributed by atoms with Crippen molar-refractivity contribution < 1.29 is 67.9 Å². The van der Waals surface area contributed by atoms with Gasteiger partial charge < -0.3 is 61.0 Å². The van der Waals surface area contributed by atoms with Crippen LogP contribution >= 0.6 is 21.6 Å². The highest BCUT2D eigenvalue weighted by molar-refractivity contribution is 8.76. The second kappa shape index (κ2) is 32.6. The highest BCUT2D eigenvalue weighted by Gasteiger charge is 2.26. The standard InChI is InChI=1S/C40H64N8O14S2/c1-6-46(25-37(57)61-4)17-18-47(23-35(53)54)22-30(48(24-36(55)56)26-38(58)62-5)21-28-7-9-29(10-8-28)44-40(60)43-16-20-64-63-19-15-42-33(50)13-11-31(27(2)49)45-39(59)32(41-3)12-14-34(51)52/h7-10,30-32,41H,6,11-26H2,1-5H3,(H,42,50)(H,45,59)(H,51,52)(H,53,54)(H,55,56)(H2,43,44,60)/p-2. The monoisotopic (exact) mass is 942 g/mol. The Morgan fingerprint density at radius 1 is 0.766 bits per heavy atom. The molecule has 22 nitrogen and oxygen atoms in total. The fourth-order valence-corrected chi connectivity index (χ4v) is 7.84. The van der Waals surface area contributed by atoms with Crippen molar-refractivity contribution in [3.8, 4) is 0 Å². The lowest BCUT2D eigenvalue weighted by Crippen LogP contribution is -2.53. The number of amides is 4. The second-order valence-electron chi connectivity index (χ2n) is 14.3. The van der Waals surface area contributed by atoms with Gasteiger partial charge in [-0.25, -0.2) is 4.79 Å². The van der Waals surface area contributed by atoms with Gasteiger partial charge in [0, 0.05) is 81.9 Å². The van der Waals surface area contributed by atoms with Crippen LogP contribution in [-0.2, 0) is 54.3 Å². The van der Waals surface area contributed by atoms with Gasteiger partial charge in [-0.05, 0) is 57.5 Å². The number of rotatable bonds is 35. The molecule has 0 saturated carbocycles. The number of likely N-dealkylation sites (N-methyl/N-ethyl adjacent to an activating group) is 2. The molecule has 3 atom stereocenters. The highest BCUT2D eigenvalue weighted by atomic mass is 33.1. The first-order valence-corrected chi connectivity index (χ1v) is 23.0. The fourth-order valence-electron chi connectivity index (χ4n) is 6.03. The number of carbonyl (C=O) groups is 9. The van der Waals surface area contributed by atoms with Crippen molar-refractivity contribution in [2.45, 2.75) is 64.1 Å². The number of benzene rings is 1. The minimum absolute atomic E-state index is 0.00412. The molecule has 360 valence electrons. The Labute approximate surface area is 381 Å². The Bertz CT molecular complexity index is 1680. The van der Waals surface area contributed by atoms with Crippen LogP contribution < -0.4 is 36.8 Å². The van der Waals surface area contributed by atoms with Gasteiger partial charge in [-0.15, -0.1) is 0 Å². The van der Waals surface area contributed by atoms with Crippen LogP contribution in [-0.4, -0.2) is 190 Å². The Morgan fingerprint density at radius 2 is 1.34 bits per heavy atom. The number of aliphatic carboxylic acids is 3. The molecular formula is C40H62N8O14S2-2. The Kier molecular flexibility index (Phi) is 29.1. The number of urea groups is 1. The van der Waals surface area contributed by atoms with E-state index < -0.39 is 79.5 Å². The summed E-state index contributed by atoms with van der Waals surface area (Å²) in [7, 11) is 6.89. The topological polar surface area (TPSA) is 308 Å². The number of nitrogens with zero attached hydrogens (tertiary/aromatic N) is 3. The summed E-state index contributed by atoms with van der Waals surface area (Å²) in [6.45, 7) is 3.11. The number of hydrogen-bond donors (Lipinski definition) is 6. The SMILES string of the molecule is CCN(CCN(CC(=O)[O-])CC(Cc1ccc(NC(=O)NCCSSCCNC(=O)CCC(NC(=O)C(CCC(=O)O)NC)C(C)=O)cc1)N(CC(=O)[O-])CC(=O)OC)CC(=O)OC. The lowest BCUT2D eigenvalue weighted by molar-refractivity contribution is -0.308. The van der Waals surface area contributed by atoms with Crippen LogP contribution in [0, 0.1) is 0 Å². The second-order valence-corrected chi connectivity index (χ2v) is 17.0. The van der Waals surface area contributed by atoms with Gasteiger partial charge in [0.1, 0.15) is 0 Å². The fraction of sp³-hybridized carbons (Fsp3) is 0.625. The van der Waals surface area contributed by atoms with Crippen molar-refractivity contribution in [1.29, 1.82) is 0 Å². The minimum Gasteiger partial charge on any atom is -0.549 e. The highest BCUT2D eigenvalue weighted by Crippen LogP contribution is 2.20. The number of carboxylic acid groups (broad SMARTS) is 3. The average Bonchev–Trinajstić information content (AvgIpc) is 3.24. The minimum atomic E-state index is -1.46. The lowest BCUT2D eigenvalue weighted by atomic mass is 10.0. The zero-order valence-corrected chi connectivity index (χ0v) is 38.6. The third-order valence-electron chi connectivity index (χ3n) is 9.51. The van der Waals surface area contributed by atoms with Crippen LogP contribution in [0.5, 0.6) is 0 Å². The van der Waals surface area contributed by atoms with E-state index in [0.717, 1.165) is 7.11 Å². The van der Waals surface area contributed by atoms with E-state index in [0.29, 0.717) is 42.4 Å². The van der Waals surface area contributed by atoms with E-state index in [1.54, 1.807) is 29.2 Å². The lowest BCUT2D eigenvalue weighted by Gasteiger charge is -2.36. The smallest absolute Gasteiger partial charge is 0.319 e.